The second kappa shape index (κ2) is 7.13. The molecule has 0 unspecified atom stereocenters. The van der Waals surface area contributed by atoms with Crippen molar-refractivity contribution in [3.05, 3.63) is 18.2 Å². The maximum Gasteiger partial charge on any atom is 0.238 e. The van der Waals surface area contributed by atoms with Crippen LogP contribution in [-0.4, -0.2) is 15.0 Å². The molecule has 0 atom stereocenters. The van der Waals surface area contributed by atoms with Gasteiger partial charge in [0.15, 0.2) is 0 Å². The van der Waals surface area contributed by atoms with E-state index in [9.17, 15) is 8.42 Å². The molecule has 0 aliphatic carbocycles. The highest BCUT2D eigenvalue weighted by atomic mass is 32.2. The number of primary sulfonamides is 1. The Hall–Kier alpha value is -1.27. The summed E-state index contributed by atoms with van der Waals surface area (Å²) in [5.41, 5.74) is 7.15. The molecule has 0 radical (unpaired) electrons. The van der Waals surface area contributed by atoms with Gasteiger partial charge in [0.25, 0.3) is 0 Å². The first kappa shape index (κ1) is 17.8. The summed E-state index contributed by atoms with van der Waals surface area (Å²) in [6.07, 6.45) is 4.74. The second-order valence-electron chi connectivity index (χ2n) is 6.27. The highest BCUT2D eigenvalue weighted by Gasteiger charge is 2.18. The van der Waals surface area contributed by atoms with Crippen LogP contribution in [0.25, 0.3) is 0 Å². The van der Waals surface area contributed by atoms with E-state index in [0.717, 1.165) is 13.0 Å². The van der Waals surface area contributed by atoms with Crippen molar-refractivity contribution in [1.82, 2.24) is 0 Å². The van der Waals surface area contributed by atoms with Gasteiger partial charge in [-0.3, -0.25) is 0 Å². The van der Waals surface area contributed by atoms with Gasteiger partial charge in [-0.2, -0.15) is 0 Å². The molecule has 0 aromatic heterocycles. The molecule has 6 heteroatoms. The predicted octanol–water partition coefficient (Wildman–Crippen LogP) is 2.93. The summed E-state index contributed by atoms with van der Waals surface area (Å²) < 4.78 is 22.8. The zero-order chi connectivity index (χ0) is 16.1. The molecule has 0 aliphatic rings. The lowest BCUT2D eigenvalue weighted by Gasteiger charge is -2.26. The number of unbranched alkanes of at least 4 members (excludes halogenated alkanes) is 2. The van der Waals surface area contributed by atoms with Gasteiger partial charge in [-0.1, -0.05) is 40.0 Å². The third kappa shape index (κ3) is 5.93. The molecule has 1 aromatic carbocycles. The number of benzene rings is 1. The quantitative estimate of drug-likeness (QED) is 0.507. The molecule has 21 heavy (non-hydrogen) atoms. The van der Waals surface area contributed by atoms with Gasteiger partial charge in [-0.05, 0) is 30.0 Å². The number of nitrogen functional groups attached to an aromatic ring is 1. The lowest BCUT2D eigenvalue weighted by atomic mass is 9.87. The van der Waals surface area contributed by atoms with E-state index in [0.29, 0.717) is 11.4 Å². The molecule has 0 fully saturated rings. The Bertz CT molecular complexity index is 568. The van der Waals surface area contributed by atoms with Crippen LogP contribution in [0, 0.1) is 5.41 Å². The first-order valence-corrected chi connectivity index (χ1v) is 8.86. The van der Waals surface area contributed by atoms with Crippen molar-refractivity contribution in [2.45, 2.75) is 51.3 Å². The molecule has 0 saturated heterocycles. The Morgan fingerprint density at radius 3 is 2.48 bits per heavy atom. The normalized spacial score (nSPS) is 12.4. The van der Waals surface area contributed by atoms with Crippen LogP contribution >= 0.6 is 0 Å². The summed E-state index contributed by atoms with van der Waals surface area (Å²) in [5.74, 6) is 0. The minimum atomic E-state index is -3.71. The van der Waals surface area contributed by atoms with Crippen LogP contribution in [0.5, 0.6) is 0 Å². The zero-order valence-electron chi connectivity index (χ0n) is 13.1. The van der Waals surface area contributed by atoms with E-state index in [2.05, 4.69) is 26.1 Å². The average molecular weight is 313 g/mol. The molecular weight excluding hydrogens is 286 g/mol. The van der Waals surface area contributed by atoms with E-state index in [4.69, 9.17) is 10.9 Å². The van der Waals surface area contributed by atoms with Gasteiger partial charge >= 0.3 is 0 Å². The average Bonchev–Trinajstić information content (AvgIpc) is 2.36. The fourth-order valence-corrected chi connectivity index (χ4v) is 2.68. The molecule has 0 saturated carbocycles. The monoisotopic (exact) mass is 313 g/mol. The Kier molecular flexibility index (Phi) is 6.04. The van der Waals surface area contributed by atoms with Gasteiger partial charge in [0.05, 0.1) is 16.3 Å². The van der Waals surface area contributed by atoms with E-state index in [-0.39, 0.29) is 10.3 Å². The van der Waals surface area contributed by atoms with Gasteiger partial charge < -0.3 is 11.1 Å². The summed E-state index contributed by atoms with van der Waals surface area (Å²) in [6, 6.07) is 4.47. The Labute approximate surface area is 128 Å². The highest BCUT2D eigenvalue weighted by molar-refractivity contribution is 7.89. The lowest BCUT2D eigenvalue weighted by molar-refractivity contribution is 0.342. The Balaban J connectivity index is 2.74. The second-order valence-corrected chi connectivity index (χ2v) is 7.83. The van der Waals surface area contributed by atoms with E-state index in [1.165, 1.54) is 31.4 Å². The van der Waals surface area contributed by atoms with Gasteiger partial charge in [-0.15, -0.1) is 0 Å². The highest BCUT2D eigenvalue weighted by Crippen LogP contribution is 2.27. The summed E-state index contributed by atoms with van der Waals surface area (Å²) in [6.45, 7) is 7.30. The molecule has 0 heterocycles. The van der Waals surface area contributed by atoms with Crippen LogP contribution < -0.4 is 16.2 Å². The maximum absolute atomic E-state index is 11.4. The van der Waals surface area contributed by atoms with Gasteiger partial charge in [0, 0.05) is 6.54 Å². The summed E-state index contributed by atoms with van der Waals surface area (Å²) >= 11 is 0. The molecule has 0 spiro atoms. The van der Waals surface area contributed by atoms with Crippen LogP contribution in [0.4, 0.5) is 11.4 Å². The first-order chi connectivity index (χ1) is 9.65. The molecule has 1 aromatic rings. The third-order valence-corrected chi connectivity index (χ3v) is 4.48. The van der Waals surface area contributed by atoms with E-state index < -0.39 is 10.0 Å². The SMILES string of the molecule is CCCCCC(C)(C)CNc1cc(S(N)(=O)=O)ccc1N. The maximum atomic E-state index is 11.4. The first-order valence-electron chi connectivity index (χ1n) is 7.32. The molecule has 0 bridgehead atoms. The van der Waals surface area contributed by atoms with Crippen molar-refractivity contribution < 1.29 is 8.42 Å². The van der Waals surface area contributed by atoms with Crippen molar-refractivity contribution in [3.8, 4) is 0 Å². The van der Waals surface area contributed by atoms with Crippen LogP contribution in [0.15, 0.2) is 23.1 Å². The van der Waals surface area contributed by atoms with Crippen LogP contribution in [0.3, 0.4) is 0 Å². The van der Waals surface area contributed by atoms with Crippen molar-refractivity contribution in [3.63, 3.8) is 0 Å². The molecule has 120 valence electrons. The number of hydrogen-bond donors (Lipinski definition) is 3. The topological polar surface area (TPSA) is 98.2 Å². The number of rotatable bonds is 8. The smallest absolute Gasteiger partial charge is 0.238 e. The molecule has 5 nitrogen and oxygen atoms in total. The summed E-state index contributed by atoms with van der Waals surface area (Å²) in [4.78, 5) is 0.0722. The number of nitrogens with one attached hydrogen (secondary N) is 1. The van der Waals surface area contributed by atoms with E-state index in [1.54, 1.807) is 6.07 Å². The van der Waals surface area contributed by atoms with E-state index >= 15 is 0 Å². The van der Waals surface area contributed by atoms with Gasteiger partial charge in [0.2, 0.25) is 10.0 Å². The van der Waals surface area contributed by atoms with E-state index in [1.807, 2.05) is 0 Å². The Morgan fingerprint density at radius 1 is 1.24 bits per heavy atom. The largest absolute Gasteiger partial charge is 0.397 e. The van der Waals surface area contributed by atoms with Crippen molar-refractivity contribution in [2.24, 2.45) is 10.6 Å². The number of anilines is 2. The number of sulfonamides is 1. The third-order valence-electron chi connectivity index (χ3n) is 3.57. The molecular formula is C15H27N3O2S. The number of hydrogen-bond acceptors (Lipinski definition) is 4. The van der Waals surface area contributed by atoms with Gasteiger partial charge in [-0.25, -0.2) is 13.6 Å². The fourth-order valence-electron chi connectivity index (χ4n) is 2.14. The van der Waals surface area contributed by atoms with Crippen molar-refractivity contribution in [2.75, 3.05) is 17.6 Å². The van der Waals surface area contributed by atoms with Crippen LogP contribution in [0.1, 0.15) is 46.5 Å². The van der Waals surface area contributed by atoms with Crippen molar-refractivity contribution >= 4 is 21.4 Å². The molecule has 1 rings (SSSR count). The number of nitrogens with two attached hydrogens (primary N) is 2. The molecule has 0 amide bonds. The molecule has 0 aliphatic heterocycles. The van der Waals surface area contributed by atoms with Crippen LogP contribution in [0.2, 0.25) is 0 Å². The standard InChI is InChI=1S/C15H27N3O2S/c1-4-5-6-9-15(2,3)11-18-14-10-12(21(17,19)20)7-8-13(14)16/h7-8,10,18H,4-6,9,11,16H2,1-3H3,(H2,17,19,20). The van der Waals surface area contributed by atoms with Crippen molar-refractivity contribution in [1.29, 1.82) is 0 Å². The lowest BCUT2D eigenvalue weighted by Crippen LogP contribution is -2.23. The Morgan fingerprint density at radius 2 is 1.90 bits per heavy atom. The summed E-state index contributed by atoms with van der Waals surface area (Å²) in [7, 11) is -3.71. The minimum absolute atomic E-state index is 0.0722. The predicted molar refractivity (Wildman–Crippen MR) is 88.6 cm³/mol. The van der Waals surface area contributed by atoms with Gasteiger partial charge in [0.1, 0.15) is 0 Å². The minimum Gasteiger partial charge on any atom is -0.397 e. The molecule has 5 N–H and O–H groups in total. The van der Waals surface area contributed by atoms with Crippen LogP contribution in [-0.2, 0) is 10.0 Å². The zero-order valence-corrected chi connectivity index (χ0v) is 14.0. The fraction of sp³-hybridized carbons (Fsp3) is 0.600. The summed E-state index contributed by atoms with van der Waals surface area (Å²) in [5, 5.41) is 8.39.